The molecule has 2 aromatic rings. The van der Waals surface area contributed by atoms with Crippen molar-refractivity contribution >= 4 is 5.78 Å². The Kier molecular flexibility index (Phi) is 5.57. The number of Topliss-reactive ketones (excluding diaryl/α,β-unsaturated/α-hetero) is 1. The maximum absolute atomic E-state index is 13.7. The molecule has 0 bridgehead atoms. The molecule has 1 nitrogen and oxygen atoms in total. The van der Waals surface area contributed by atoms with Crippen LogP contribution < -0.4 is 0 Å². The van der Waals surface area contributed by atoms with E-state index in [4.69, 9.17) is 0 Å². The van der Waals surface area contributed by atoms with Crippen molar-refractivity contribution in [1.82, 2.24) is 0 Å². The van der Waals surface area contributed by atoms with Crippen molar-refractivity contribution in [3.63, 3.8) is 0 Å². The Morgan fingerprint density at radius 1 is 0.964 bits per heavy atom. The third-order valence-corrected chi connectivity index (χ3v) is 6.33. The van der Waals surface area contributed by atoms with Gasteiger partial charge in [0, 0.05) is 17.4 Å². The third-order valence-electron chi connectivity index (χ3n) is 6.33. The van der Waals surface area contributed by atoms with E-state index in [1.807, 2.05) is 43.3 Å². The Morgan fingerprint density at radius 2 is 1.71 bits per heavy atom. The number of ketones is 1. The highest BCUT2D eigenvalue weighted by molar-refractivity contribution is 6.00. The molecule has 0 saturated heterocycles. The van der Waals surface area contributed by atoms with Crippen molar-refractivity contribution in [1.29, 1.82) is 0 Å². The monoisotopic (exact) mass is 374 g/mol. The van der Waals surface area contributed by atoms with Gasteiger partial charge in [0.1, 0.15) is 5.82 Å². The summed E-state index contributed by atoms with van der Waals surface area (Å²) < 4.78 is 13.6. The zero-order valence-corrected chi connectivity index (χ0v) is 16.4. The standard InChI is InChI=1S/C26H27FO/c1-18-8-5-6-11-22(18)26(28)24-12-4-2-3-9-19-10-7-13-23(19)25(24)20-14-16-21(27)17-15-20/h5-8,10-11,13-17,19,24-25H,2-4,9,12H2,1H3. The highest BCUT2D eigenvalue weighted by Crippen LogP contribution is 2.45. The molecule has 28 heavy (non-hydrogen) atoms. The van der Waals surface area contributed by atoms with Crippen molar-refractivity contribution in [2.75, 3.05) is 0 Å². The average Bonchev–Trinajstić information content (AvgIpc) is 3.17. The first-order valence-electron chi connectivity index (χ1n) is 10.4. The molecule has 0 radical (unpaired) electrons. The number of halogens is 1. The second kappa shape index (κ2) is 8.26. The van der Waals surface area contributed by atoms with E-state index in [9.17, 15) is 9.18 Å². The van der Waals surface area contributed by atoms with Crippen LogP contribution in [0, 0.1) is 24.6 Å². The molecule has 0 heterocycles. The van der Waals surface area contributed by atoms with Crippen molar-refractivity contribution in [3.05, 3.63) is 94.8 Å². The van der Waals surface area contributed by atoms with E-state index in [1.54, 1.807) is 0 Å². The van der Waals surface area contributed by atoms with E-state index in [0.717, 1.165) is 42.4 Å². The van der Waals surface area contributed by atoms with Gasteiger partial charge in [-0.2, -0.15) is 0 Å². The van der Waals surface area contributed by atoms with Crippen LogP contribution in [0.5, 0.6) is 0 Å². The van der Waals surface area contributed by atoms with E-state index in [2.05, 4.69) is 18.2 Å². The summed E-state index contributed by atoms with van der Waals surface area (Å²) in [6, 6.07) is 14.7. The smallest absolute Gasteiger partial charge is 0.167 e. The predicted octanol–water partition coefficient (Wildman–Crippen LogP) is 6.79. The molecule has 2 aliphatic carbocycles. The van der Waals surface area contributed by atoms with Gasteiger partial charge in [0.15, 0.2) is 5.78 Å². The molecular formula is C26H27FO. The van der Waals surface area contributed by atoms with Crippen molar-refractivity contribution < 1.29 is 9.18 Å². The summed E-state index contributed by atoms with van der Waals surface area (Å²) in [6.45, 7) is 2.01. The minimum absolute atomic E-state index is 0.00538. The summed E-state index contributed by atoms with van der Waals surface area (Å²) >= 11 is 0. The summed E-state index contributed by atoms with van der Waals surface area (Å²) in [5.41, 5.74) is 4.22. The molecule has 2 aromatic carbocycles. The molecule has 0 aliphatic heterocycles. The minimum atomic E-state index is -0.233. The van der Waals surface area contributed by atoms with E-state index < -0.39 is 0 Å². The highest BCUT2D eigenvalue weighted by Gasteiger charge is 2.36. The molecule has 4 rings (SSSR count). The second-order valence-corrected chi connectivity index (χ2v) is 8.11. The lowest BCUT2D eigenvalue weighted by Gasteiger charge is -2.30. The molecule has 0 amide bonds. The Morgan fingerprint density at radius 3 is 2.50 bits per heavy atom. The van der Waals surface area contributed by atoms with Crippen molar-refractivity contribution in [2.45, 2.75) is 44.9 Å². The number of hydrogen-bond acceptors (Lipinski definition) is 1. The molecule has 3 atom stereocenters. The molecule has 0 N–H and O–H groups in total. The topological polar surface area (TPSA) is 17.1 Å². The lowest BCUT2D eigenvalue weighted by atomic mass is 9.72. The first-order valence-corrected chi connectivity index (χ1v) is 10.4. The maximum Gasteiger partial charge on any atom is 0.167 e. The molecular weight excluding hydrogens is 347 g/mol. The van der Waals surface area contributed by atoms with Gasteiger partial charge in [-0.15, -0.1) is 0 Å². The van der Waals surface area contributed by atoms with Crippen LogP contribution in [0.25, 0.3) is 0 Å². The van der Waals surface area contributed by atoms with E-state index in [0.29, 0.717) is 5.92 Å². The molecule has 0 aromatic heterocycles. The van der Waals surface area contributed by atoms with Crippen LogP contribution in [0.3, 0.4) is 0 Å². The Balaban J connectivity index is 1.80. The Hall–Kier alpha value is -2.48. The number of carbonyl (C=O) groups is 1. The van der Waals surface area contributed by atoms with Gasteiger partial charge < -0.3 is 0 Å². The molecule has 3 unspecified atom stereocenters. The summed E-state index contributed by atoms with van der Waals surface area (Å²) in [6.07, 6.45) is 12.0. The molecule has 0 spiro atoms. The number of benzene rings is 2. The van der Waals surface area contributed by atoms with Gasteiger partial charge in [0.05, 0.1) is 0 Å². The van der Waals surface area contributed by atoms with Gasteiger partial charge in [0.25, 0.3) is 0 Å². The Labute approximate surface area is 167 Å². The van der Waals surface area contributed by atoms with Crippen molar-refractivity contribution in [2.24, 2.45) is 11.8 Å². The first-order chi connectivity index (χ1) is 13.6. The first kappa shape index (κ1) is 18.9. The van der Waals surface area contributed by atoms with E-state index in [1.165, 1.54) is 24.1 Å². The Bertz CT molecular complexity index is 906. The van der Waals surface area contributed by atoms with Gasteiger partial charge in [0.2, 0.25) is 0 Å². The van der Waals surface area contributed by atoms with Crippen LogP contribution in [0.2, 0.25) is 0 Å². The van der Waals surface area contributed by atoms with Gasteiger partial charge >= 0.3 is 0 Å². The van der Waals surface area contributed by atoms with Crippen molar-refractivity contribution in [3.8, 4) is 0 Å². The normalized spacial score (nSPS) is 24.6. The fourth-order valence-electron chi connectivity index (χ4n) is 4.86. The number of carbonyl (C=O) groups excluding carboxylic acids is 1. The van der Waals surface area contributed by atoms with E-state index >= 15 is 0 Å². The molecule has 144 valence electrons. The van der Waals surface area contributed by atoms with Crippen LogP contribution in [0.1, 0.15) is 59.5 Å². The number of fused-ring (bicyclic) bond motifs is 1. The molecule has 1 fully saturated rings. The summed E-state index contributed by atoms with van der Waals surface area (Å²) in [5, 5.41) is 0. The van der Waals surface area contributed by atoms with Gasteiger partial charge in [-0.05, 0) is 48.9 Å². The SMILES string of the molecule is Cc1ccccc1C(=O)C1CCCCCC2C=CC=C2C1c1ccc(F)cc1. The van der Waals surface area contributed by atoms with Crippen LogP contribution in [-0.2, 0) is 0 Å². The quantitative estimate of drug-likeness (QED) is 0.540. The van der Waals surface area contributed by atoms with Crippen LogP contribution in [0.15, 0.2) is 72.3 Å². The summed E-state index contributed by atoms with van der Waals surface area (Å²) in [5.74, 6) is 0.272. The fraction of sp³-hybridized carbons (Fsp3) is 0.346. The van der Waals surface area contributed by atoms with Crippen LogP contribution in [-0.4, -0.2) is 5.78 Å². The maximum atomic E-state index is 13.7. The predicted molar refractivity (Wildman–Crippen MR) is 112 cm³/mol. The van der Waals surface area contributed by atoms with Gasteiger partial charge in [-0.25, -0.2) is 4.39 Å². The number of allylic oxidation sites excluding steroid dienone is 4. The van der Waals surface area contributed by atoms with E-state index in [-0.39, 0.29) is 23.4 Å². The molecule has 2 heteroatoms. The highest BCUT2D eigenvalue weighted by atomic mass is 19.1. The summed E-state index contributed by atoms with van der Waals surface area (Å²) in [4.78, 5) is 13.7. The van der Waals surface area contributed by atoms with Crippen LogP contribution in [0.4, 0.5) is 4.39 Å². The fourth-order valence-corrected chi connectivity index (χ4v) is 4.86. The average molecular weight is 374 g/mol. The lowest BCUT2D eigenvalue weighted by molar-refractivity contribution is 0.0896. The number of hydrogen-bond donors (Lipinski definition) is 0. The van der Waals surface area contributed by atoms with Gasteiger partial charge in [-0.3, -0.25) is 4.79 Å². The zero-order valence-electron chi connectivity index (χ0n) is 16.4. The molecule has 2 aliphatic rings. The lowest BCUT2D eigenvalue weighted by Crippen LogP contribution is -2.26. The van der Waals surface area contributed by atoms with Gasteiger partial charge in [-0.1, -0.05) is 79.5 Å². The zero-order chi connectivity index (χ0) is 19.5. The second-order valence-electron chi connectivity index (χ2n) is 8.11. The third kappa shape index (κ3) is 3.73. The van der Waals surface area contributed by atoms with Crippen LogP contribution >= 0.6 is 0 Å². The summed E-state index contributed by atoms with van der Waals surface area (Å²) in [7, 11) is 0. The number of rotatable bonds is 3. The minimum Gasteiger partial charge on any atom is -0.294 e. The largest absolute Gasteiger partial charge is 0.294 e. The molecule has 1 saturated carbocycles. The number of aryl methyl sites for hydroxylation is 1.